The van der Waals surface area contributed by atoms with E-state index in [2.05, 4.69) is 10.6 Å². The maximum Gasteiger partial charge on any atom is 0.154 e. The first-order valence-corrected chi connectivity index (χ1v) is 4.65. The highest BCUT2D eigenvalue weighted by Crippen LogP contribution is 2.27. The summed E-state index contributed by atoms with van der Waals surface area (Å²) < 4.78 is 10.6. The van der Waals surface area contributed by atoms with Crippen LogP contribution in [0.4, 0.5) is 0 Å². The predicted octanol–water partition coefficient (Wildman–Crippen LogP) is 0.248. The summed E-state index contributed by atoms with van der Waals surface area (Å²) in [6.07, 6.45) is 0. The van der Waals surface area contributed by atoms with E-state index in [0.29, 0.717) is 0 Å². The van der Waals surface area contributed by atoms with E-state index in [1.807, 2.05) is 0 Å². The number of nitrogens with one attached hydrogen (secondary N) is 2. The second-order valence-corrected chi connectivity index (χ2v) is 4.64. The monoisotopic (exact) mass is 122 g/mol. The van der Waals surface area contributed by atoms with Crippen LogP contribution in [0.3, 0.4) is 0 Å². The number of hydrazine groups is 1. The molecule has 0 fully saturated rings. The van der Waals surface area contributed by atoms with E-state index >= 15 is 0 Å². The molecule has 7 heavy (non-hydrogen) atoms. The van der Waals surface area contributed by atoms with Crippen LogP contribution < -0.4 is 10.6 Å². The first-order chi connectivity index (χ1) is 3.06. The van der Waals surface area contributed by atoms with Crippen molar-refractivity contribution in [3.8, 4) is 0 Å². The van der Waals surface area contributed by atoms with Gasteiger partial charge < -0.3 is 4.57 Å². The Hall–Kier alpha value is 0.150. The van der Waals surface area contributed by atoms with E-state index in [1.165, 1.54) is 0 Å². The third-order valence-corrected chi connectivity index (χ3v) is 1.14. The molecule has 0 heterocycles. The molecule has 0 amide bonds. The standard InChI is InChI=1S/C3H11N2OP/c1-4-5-7(2,3)6/h4H,1-3H3,(H,5,6). The lowest BCUT2D eigenvalue weighted by atomic mass is 11.5. The molecule has 0 saturated carbocycles. The van der Waals surface area contributed by atoms with Gasteiger partial charge in [0.25, 0.3) is 0 Å². The Morgan fingerprint density at radius 3 is 1.86 bits per heavy atom. The van der Waals surface area contributed by atoms with Crippen molar-refractivity contribution < 1.29 is 4.57 Å². The molecule has 0 radical (unpaired) electrons. The van der Waals surface area contributed by atoms with Crippen molar-refractivity contribution in [3.63, 3.8) is 0 Å². The van der Waals surface area contributed by atoms with Crippen molar-refractivity contribution in [2.75, 3.05) is 20.4 Å². The average molecular weight is 122 g/mol. The van der Waals surface area contributed by atoms with E-state index in [1.54, 1.807) is 20.4 Å². The Morgan fingerprint density at radius 2 is 1.86 bits per heavy atom. The number of rotatable bonds is 2. The van der Waals surface area contributed by atoms with E-state index in [4.69, 9.17) is 0 Å². The Balaban J connectivity index is 3.36. The summed E-state index contributed by atoms with van der Waals surface area (Å²) >= 11 is 0. The largest absolute Gasteiger partial charge is 0.306 e. The van der Waals surface area contributed by atoms with E-state index in [9.17, 15) is 4.57 Å². The smallest absolute Gasteiger partial charge is 0.154 e. The van der Waals surface area contributed by atoms with Crippen LogP contribution in [-0.4, -0.2) is 20.4 Å². The van der Waals surface area contributed by atoms with E-state index in [0.717, 1.165) is 0 Å². The normalized spacial score (nSPS) is 11.9. The van der Waals surface area contributed by atoms with Crippen LogP contribution in [0.5, 0.6) is 0 Å². The van der Waals surface area contributed by atoms with Gasteiger partial charge in [0, 0.05) is 13.3 Å². The van der Waals surface area contributed by atoms with Crippen LogP contribution in [0.25, 0.3) is 0 Å². The molecule has 0 saturated heterocycles. The number of hydrogen-bond donors (Lipinski definition) is 2. The zero-order valence-corrected chi connectivity index (χ0v) is 5.75. The molecule has 0 atom stereocenters. The SMILES string of the molecule is CNNP(C)(C)=O. The fraction of sp³-hybridized carbons (Fsp3) is 1.00. The van der Waals surface area contributed by atoms with E-state index < -0.39 is 7.29 Å². The van der Waals surface area contributed by atoms with Crippen LogP contribution in [-0.2, 0) is 4.57 Å². The predicted molar refractivity (Wildman–Crippen MR) is 31.6 cm³/mol. The second kappa shape index (κ2) is 2.46. The fourth-order valence-electron chi connectivity index (χ4n) is 0.269. The molecule has 0 aromatic heterocycles. The van der Waals surface area contributed by atoms with Gasteiger partial charge in [-0.2, -0.15) is 0 Å². The van der Waals surface area contributed by atoms with Crippen LogP contribution in [0, 0.1) is 0 Å². The highest BCUT2D eigenvalue weighted by molar-refractivity contribution is 7.60. The molecule has 44 valence electrons. The molecule has 0 aliphatic rings. The topological polar surface area (TPSA) is 41.1 Å². The number of hydrogen-bond acceptors (Lipinski definition) is 2. The average Bonchev–Trinajstić information content (AvgIpc) is 1.30. The zero-order chi connectivity index (χ0) is 5.91. The molecule has 0 aromatic rings. The summed E-state index contributed by atoms with van der Waals surface area (Å²) in [5.74, 6) is 0. The maximum atomic E-state index is 10.6. The quantitative estimate of drug-likeness (QED) is 0.407. The first-order valence-electron chi connectivity index (χ1n) is 2.05. The summed E-state index contributed by atoms with van der Waals surface area (Å²) in [5, 5.41) is 2.59. The third-order valence-electron chi connectivity index (χ3n) is 0.381. The Kier molecular flexibility index (Phi) is 2.51. The van der Waals surface area contributed by atoms with Crippen LogP contribution in [0.2, 0.25) is 0 Å². The van der Waals surface area contributed by atoms with Gasteiger partial charge in [0.15, 0.2) is 7.29 Å². The van der Waals surface area contributed by atoms with Crippen LogP contribution in [0.1, 0.15) is 0 Å². The van der Waals surface area contributed by atoms with Crippen LogP contribution >= 0.6 is 7.29 Å². The molecule has 3 nitrogen and oxygen atoms in total. The molecule has 0 unspecified atom stereocenters. The molecular formula is C3H11N2OP. The minimum atomic E-state index is -2.03. The Morgan fingerprint density at radius 1 is 1.43 bits per heavy atom. The van der Waals surface area contributed by atoms with Crippen LogP contribution in [0.15, 0.2) is 0 Å². The van der Waals surface area contributed by atoms with Crippen molar-refractivity contribution in [1.29, 1.82) is 0 Å². The van der Waals surface area contributed by atoms with Gasteiger partial charge in [0.05, 0.1) is 0 Å². The zero-order valence-electron chi connectivity index (χ0n) is 4.86. The van der Waals surface area contributed by atoms with Gasteiger partial charge >= 0.3 is 0 Å². The lowest BCUT2D eigenvalue weighted by Crippen LogP contribution is -2.22. The molecular weight excluding hydrogens is 111 g/mol. The summed E-state index contributed by atoms with van der Waals surface area (Å²) in [6.45, 7) is 3.31. The molecule has 0 spiro atoms. The van der Waals surface area contributed by atoms with Gasteiger partial charge in [0.2, 0.25) is 0 Å². The van der Waals surface area contributed by atoms with Gasteiger partial charge in [-0.25, -0.2) is 5.20 Å². The molecule has 0 rings (SSSR count). The summed E-state index contributed by atoms with van der Waals surface area (Å²) in [5.41, 5.74) is 2.59. The Bertz CT molecular complexity index is 86.9. The van der Waals surface area contributed by atoms with Crippen molar-refractivity contribution in [1.82, 2.24) is 10.6 Å². The lowest BCUT2D eigenvalue weighted by Gasteiger charge is -2.04. The molecule has 0 bridgehead atoms. The fourth-order valence-corrected chi connectivity index (χ4v) is 0.808. The Labute approximate surface area is 43.9 Å². The summed E-state index contributed by atoms with van der Waals surface area (Å²) in [7, 11) is -0.333. The summed E-state index contributed by atoms with van der Waals surface area (Å²) in [4.78, 5) is 0. The van der Waals surface area contributed by atoms with E-state index in [-0.39, 0.29) is 0 Å². The van der Waals surface area contributed by atoms with Crippen molar-refractivity contribution in [3.05, 3.63) is 0 Å². The molecule has 0 aromatic carbocycles. The third kappa shape index (κ3) is 6.15. The minimum absolute atomic E-state index is 1.66. The molecule has 2 N–H and O–H groups in total. The van der Waals surface area contributed by atoms with Crippen molar-refractivity contribution in [2.45, 2.75) is 0 Å². The second-order valence-electron chi connectivity index (χ2n) is 1.71. The highest BCUT2D eigenvalue weighted by atomic mass is 31.2. The first kappa shape index (κ1) is 7.15. The van der Waals surface area contributed by atoms with Gasteiger partial charge in [-0.1, -0.05) is 0 Å². The van der Waals surface area contributed by atoms with Gasteiger partial charge in [-0.05, 0) is 7.05 Å². The van der Waals surface area contributed by atoms with Crippen molar-refractivity contribution in [2.24, 2.45) is 0 Å². The summed E-state index contributed by atoms with van der Waals surface area (Å²) in [6, 6.07) is 0. The minimum Gasteiger partial charge on any atom is -0.306 e. The molecule has 0 aliphatic heterocycles. The lowest BCUT2D eigenvalue weighted by molar-refractivity contribution is 0.565. The maximum absolute atomic E-state index is 10.6. The van der Waals surface area contributed by atoms with Gasteiger partial charge in [-0.15, -0.1) is 0 Å². The van der Waals surface area contributed by atoms with Crippen molar-refractivity contribution >= 4 is 7.29 Å². The molecule has 4 heteroatoms. The highest BCUT2D eigenvalue weighted by Gasteiger charge is 2.00. The van der Waals surface area contributed by atoms with Gasteiger partial charge in [0.1, 0.15) is 0 Å². The molecule has 0 aliphatic carbocycles. The van der Waals surface area contributed by atoms with Gasteiger partial charge in [-0.3, -0.25) is 5.43 Å².